The molecule has 1 aliphatic rings. The fraction of sp³-hybridized carbons (Fsp3) is 0.588. The smallest absolute Gasteiger partial charge is 0.319 e. The Morgan fingerprint density at radius 1 is 1.30 bits per heavy atom. The topological polar surface area (TPSA) is 59.6 Å². The summed E-state index contributed by atoms with van der Waals surface area (Å²) in [5, 5.41) is 5.97. The molecule has 128 valence electrons. The highest BCUT2D eigenvalue weighted by atomic mass is 35.5. The van der Waals surface area contributed by atoms with Gasteiger partial charge >= 0.3 is 6.03 Å². The van der Waals surface area contributed by atoms with Crippen molar-refractivity contribution in [2.75, 3.05) is 25.6 Å². The standard InChI is InChI=1S/C17H25ClN2O3/c1-22-14-8-9-16(15(18)12-14)20-17(21)19-10-5-11-23-13-6-3-2-4-7-13/h8-9,12-13H,2-7,10-11H2,1H3,(H2,19,20,21). The van der Waals surface area contributed by atoms with Crippen molar-refractivity contribution in [3.8, 4) is 5.75 Å². The molecule has 5 nitrogen and oxygen atoms in total. The molecule has 0 radical (unpaired) electrons. The summed E-state index contributed by atoms with van der Waals surface area (Å²) >= 11 is 6.08. The average molecular weight is 341 g/mol. The number of hydrogen-bond donors (Lipinski definition) is 2. The van der Waals surface area contributed by atoms with Crippen molar-refractivity contribution >= 4 is 23.3 Å². The molecule has 0 heterocycles. The van der Waals surface area contributed by atoms with Crippen molar-refractivity contribution in [2.45, 2.75) is 44.6 Å². The number of halogens is 1. The lowest BCUT2D eigenvalue weighted by Gasteiger charge is -2.21. The quantitative estimate of drug-likeness (QED) is 0.731. The van der Waals surface area contributed by atoms with E-state index in [0.717, 1.165) is 6.42 Å². The highest BCUT2D eigenvalue weighted by molar-refractivity contribution is 6.33. The molecular weight excluding hydrogens is 316 g/mol. The molecule has 2 rings (SSSR count). The summed E-state index contributed by atoms with van der Waals surface area (Å²) in [6, 6.07) is 4.86. The Kier molecular flexibility index (Phi) is 7.49. The first-order chi connectivity index (χ1) is 11.2. The van der Waals surface area contributed by atoms with E-state index in [1.165, 1.54) is 32.1 Å². The molecule has 1 aromatic rings. The summed E-state index contributed by atoms with van der Waals surface area (Å²) in [4.78, 5) is 11.8. The number of methoxy groups -OCH3 is 1. The molecule has 0 bridgehead atoms. The molecular formula is C17H25ClN2O3. The van der Waals surface area contributed by atoms with Gasteiger partial charge in [0.05, 0.1) is 23.9 Å². The van der Waals surface area contributed by atoms with Crippen LogP contribution in [0.5, 0.6) is 5.75 Å². The molecule has 0 spiro atoms. The van der Waals surface area contributed by atoms with Crippen molar-refractivity contribution in [1.29, 1.82) is 0 Å². The minimum atomic E-state index is -0.269. The van der Waals surface area contributed by atoms with E-state index in [2.05, 4.69) is 10.6 Å². The zero-order chi connectivity index (χ0) is 16.5. The van der Waals surface area contributed by atoms with Gasteiger partial charge in [0.25, 0.3) is 0 Å². The zero-order valence-electron chi connectivity index (χ0n) is 13.6. The molecule has 6 heteroatoms. The van der Waals surface area contributed by atoms with Crippen LogP contribution in [0.25, 0.3) is 0 Å². The number of ether oxygens (including phenoxy) is 2. The van der Waals surface area contributed by atoms with E-state index in [4.69, 9.17) is 21.1 Å². The summed E-state index contributed by atoms with van der Waals surface area (Å²) in [6.07, 6.45) is 7.43. The zero-order valence-corrected chi connectivity index (χ0v) is 14.3. The van der Waals surface area contributed by atoms with E-state index >= 15 is 0 Å². The molecule has 0 atom stereocenters. The molecule has 1 fully saturated rings. The van der Waals surface area contributed by atoms with Gasteiger partial charge in [-0.2, -0.15) is 0 Å². The largest absolute Gasteiger partial charge is 0.497 e. The van der Waals surface area contributed by atoms with Crippen LogP contribution in [0.15, 0.2) is 18.2 Å². The van der Waals surface area contributed by atoms with Crippen LogP contribution >= 0.6 is 11.6 Å². The summed E-state index contributed by atoms with van der Waals surface area (Å²) in [7, 11) is 1.57. The van der Waals surface area contributed by atoms with Crippen LogP contribution in [0.1, 0.15) is 38.5 Å². The second-order valence-corrected chi connectivity index (χ2v) is 6.12. The SMILES string of the molecule is COc1ccc(NC(=O)NCCCOC2CCCCC2)c(Cl)c1. The predicted molar refractivity (Wildman–Crippen MR) is 92.5 cm³/mol. The average Bonchev–Trinajstić information content (AvgIpc) is 2.57. The van der Waals surface area contributed by atoms with Gasteiger partial charge in [-0.05, 0) is 31.4 Å². The third-order valence-corrected chi connectivity index (χ3v) is 4.25. The maximum absolute atomic E-state index is 11.8. The van der Waals surface area contributed by atoms with Crippen LogP contribution in [0, 0.1) is 0 Å². The molecule has 1 aromatic carbocycles. The molecule has 23 heavy (non-hydrogen) atoms. The lowest BCUT2D eigenvalue weighted by atomic mass is 9.98. The number of carbonyl (C=O) groups excluding carboxylic acids is 1. The van der Waals surface area contributed by atoms with E-state index in [0.29, 0.717) is 35.7 Å². The summed E-state index contributed by atoms with van der Waals surface area (Å²) in [5.74, 6) is 0.654. The first-order valence-electron chi connectivity index (χ1n) is 8.19. The first-order valence-corrected chi connectivity index (χ1v) is 8.57. The number of hydrogen-bond acceptors (Lipinski definition) is 3. The fourth-order valence-corrected chi connectivity index (χ4v) is 2.86. The third kappa shape index (κ3) is 6.28. The normalized spacial score (nSPS) is 15.2. The van der Waals surface area contributed by atoms with E-state index in [1.54, 1.807) is 25.3 Å². The summed E-state index contributed by atoms with van der Waals surface area (Å²) < 4.78 is 10.9. The highest BCUT2D eigenvalue weighted by Crippen LogP contribution is 2.26. The minimum Gasteiger partial charge on any atom is -0.497 e. The molecule has 2 amide bonds. The fourth-order valence-electron chi connectivity index (χ4n) is 2.65. The molecule has 1 saturated carbocycles. The number of anilines is 1. The van der Waals surface area contributed by atoms with Gasteiger partial charge in [0, 0.05) is 19.2 Å². The number of benzene rings is 1. The van der Waals surface area contributed by atoms with E-state index < -0.39 is 0 Å². The van der Waals surface area contributed by atoms with Crippen molar-refractivity contribution in [2.24, 2.45) is 0 Å². The van der Waals surface area contributed by atoms with Crippen LogP contribution in [0.4, 0.5) is 10.5 Å². The van der Waals surface area contributed by atoms with Crippen molar-refractivity contribution in [3.63, 3.8) is 0 Å². The number of amides is 2. The number of nitrogens with one attached hydrogen (secondary N) is 2. The van der Waals surface area contributed by atoms with Gasteiger partial charge in [0.1, 0.15) is 5.75 Å². The Balaban J connectivity index is 1.61. The van der Waals surface area contributed by atoms with Gasteiger partial charge in [0.2, 0.25) is 0 Å². The van der Waals surface area contributed by atoms with Crippen LogP contribution in [-0.2, 0) is 4.74 Å². The number of urea groups is 1. The maximum atomic E-state index is 11.8. The lowest BCUT2D eigenvalue weighted by molar-refractivity contribution is 0.0276. The van der Waals surface area contributed by atoms with Crippen LogP contribution in [0.2, 0.25) is 5.02 Å². The van der Waals surface area contributed by atoms with Crippen LogP contribution in [-0.4, -0.2) is 32.4 Å². The van der Waals surface area contributed by atoms with Gasteiger partial charge in [-0.25, -0.2) is 4.79 Å². The van der Waals surface area contributed by atoms with Gasteiger partial charge < -0.3 is 20.1 Å². The van der Waals surface area contributed by atoms with Crippen LogP contribution < -0.4 is 15.4 Å². The molecule has 2 N–H and O–H groups in total. The van der Waals surface area contributed by atoms with Crippen LogP contribution in [0.3, 0.4) is 0 Å². The molecule has 1 aliphatic carbocycles. The van der Waals surface area contributed by atoms with Gasteiger partial charge in [-0.1, -0.05) is 30.9 Å². The minimum absolute atomic E-state index is 0.269. The molecule has 0 aliphatic heterocycles. The van der Waals surface area contributed by atoms with Gasteiger partial charge in [-0.3, -0.25) is 0 Å². The lowest BCUT2D eigenvalue weighted by Crippen LogP contribution is -2.30. The van der Waals surface area contributed by atoms with E-state index in [9.17, 15) is 4.79 Å². The summed E-state index contributed by atoms with van der Waals surface area (Å²) in [6.45, 7) is 1.26. The molecule has 0 unspecified atom stereocenters. The second kappa shape index (κ2) is 9.63. The highest BCUT2D eigenvalue weighted by Gasteiger charge is 2.13. The Morgan fingerprint density at radius 2 is 2.09 bits per heavy atom. The summed E-state index contributed by atoms with van der Waals surface area (Å²) in [5.41, 5.74) is 0.559. The maximum Gasteiger partial charge on any atom is 0.319 e. The second-order valence-electron chi connectivity index (χ2n) is 5.71. The Labute approximate surface area is 142 Å². The van der Waals surface area contributed by atoms with Crippen molar-refractivity contribution in [3.05, 3.63) is 23.2 Å². The molecule has 0 saturated heterocycles. The monoisotopic (exact) mass is 340 g/mol. The number of carbonyl (C=O) groups is 1. The third-order valence-electron chi connectivity index (χ3n) is 3.94. The van der Waals surface area contributed by atoms with Gasteiger partial charge in [0.15, 0.2) is 0 Å². The van der Waals surface area contributed by atoms with E-state index in [-0.39, 0.29) is 6.03 Å². The number of rotatable bonds is 7. The molecule has 0 aromatic heterocycles. The van der Waals surface area contributed by atoms with Gasteiger partial charge in [-0.15, -0.1) is 0 Å². The van der Waals surface area contributed by atoms with Crippen molar-refractivity contribution in [1.82, 2.24) is 5.32 Å². The first kappa shape index (κ1) is 17.9. The van der Waals surface area contributed by atoms with E-state index in [1.807, 2.05) is 0 Å². The Hall–Kier alpha value is -1.46. The Bertz CT molecular complexity index is 505. The predicted octanol–water partition coefficient (Wildman–Crippen LogP) is 4.21. The van der Waals surface area contributed by atoms with Crippen molar-refractivity contribution < 1.29 is 14.3 Å². The Morgan fingerprint density at radius 3 is 2.78 bits per heavy atom.